The average molecular weight is 346 g/mol. The quantitative estimate of drug-likeness (QED) is 0.717. The molecule has 1 aliphatic rings. The molecule has 8 heteroatoms. The number of aryl methyl sites for hydroxylation is 1. The number of nitrogens with zero attached hydrogens (tertiary/aromatic N) is 2. The SMILES string of the molecule is Cc1cccc(-n2nc3c(c2NC(=O)C(=O)NCCO)CSC3)c1. The van der Waals surface area contributed by atoms with E-state index < -0.39 is 11.8 Å². The molecule has 0 bridgehead atoms. The summed E-state index contributed by atoms with van der Waals surface area (Å²) in [5.74, 6) is 0.519. The third-order valence-corrected chi connectivity index (χ3v) is 4.60. The van der Waals surface area contributed by atoms with E-state index in [0.717, 1.165) is 34.0 Å². The van der Waals surface area contributed by atoms with Gasteiger partial charge in [-0.25, -0.2) is 4.68 Å². The van der Waals surface area contributed by atoms with Crippen LogP contribution in [0.1, 0.15) is 16.8 Å². The molecule has 1 aromatic heterocycles. The van der Waals surface area contributed by atoms with Gasteiger partial charge in [-0.2, -0.15) is 16.9 Å². The number of hydrogen-bond acceptors (Lipinski definition) is 5. The molecule has 2 amide bonds. The molecule has 3 N–H and O–H groups in total. The van der Waals surface area contributed by atoms with Crippen molar-refractivity contribution in [1.82, 2.24) is 15.1 Å². The largest absolute Gasteiger partial charge is 0.395 e. The lowest BCUT2D eigenvalue weighted by molar-refractivity contribution is -0.136. The summed E-state index contributed by atoms with van der Waals surface area (Å²) < 4.78 is 1.68. The Bertz CT molecular complexity index is 788. The molecular weight excluding hydrogens is 328 g/mol. The fourth-order valence-electron chi connectivity index (χ4n) is 2.50. The Morgan fingerprint density at radius 2 is 2.17 bits per heavy atom. The summed E-state index contributed by atoms with van der Waals surface area (Å²) in [7, 11) is 0. The Kier molecular flexibility index (Phi) is 4.86. The maximum absolute atomic E-state index is 12.1. The van der Waals surface area contributed by atoms with Crippen molar-refractivity contribution in [3.05, 3.63) is 41.1 Å². The van der Waals surface area contributed by atoms with E-state index in [-0.39, 0.29) is 13.2 Å². The molecule has 24 heavy (non-hydrogen) atoms. The summed E-state index contributed by atoms with van der Waals surface area (Å²) >= 11 is 1.72. The molecule has 0 unspecified atom stereocenters. The minimum absolute atomic E-state index is 0.0390. The van der Waals surface area contributed by atoms with E-state index in [2.05, 4.69) is 15.7 Å². The van der Waals surface area contributed by atoms with E-state index in [1.54, 1.807) is 16.4 Å². The normalized spacial score (nSPS) is 12.8. The van der Waals surface area contributed by atoms with Crippen molar-refractivity contribution >= 4 is 29.4 Å². The van der Waals surface area contributed by atoms with Crippen LogP contribution in [0.4, 0.5) is 5.82 Å². The van der Waals surface area contributed by atoms with Crippen LogP contribution in [0.3, 0.4) is 0 Å². The van der Waals surface area contributed by atoms with Crippen LogP contribution in [0.2, 0.25) is 0 Å². The van der Waals surface area contributed by atoms with Crippen LogP contribution in [0.5, 0.6) is 0 Å². The predicted molar refractivity (Wildman–Crippen MR) is 92.0 cm³/mol. The van der Waals surface area contributed by atoms with E-state index in [4.69, 9.17) is 5.11 Å². The first-order valence-corrected chi connectivity index (χ1v) is 8.71. The maximum atomic E-state index is 12.1. The van der Waals surface area contributed by atoms with Crippen LogP contribution < -0.4 is 10.6 Å². The molecule has 1 aliphatic heterocycles. The standard InChI is InChI=1S/C16H18N4O3S/c1-10-3-2-4-11(7-10)20-14(12-8-24-9-13(12)19-20)18-16(23)15(22)17-5-6-21/h2-4,7,21H,5-6,8-9H2,1H3,(H,17,22)(H,18,23). The monoisotopic (exact) mass is 346 g/mol. The summed E-state index contributed by atoms with van der Waals surface area (Å²) in [4.78, 5) is 23.9. The Morgan fingerprint density at radius 1 is 1.33 bits per heavy atom. The van der Waals surface area contributed by atoms with Crippen LogP contribution in [-0.2, 0) is 21.1 Å². The molecule has 2 heterocycles. The zero-order valence-electron chi connectivity index (χ0n) is 13.2. The molecule has 2 aromatic rings. The van der Waals surface area contributed by atoms with E-state index >= 15 is 0 Å². The van der Waals surface area contributed by atoms with Crippen LogP contribution in [0.25, 0.3) is 5.69 Å². The molecular formula is C16H18N4O3S. The van der Waals surface area contributed by atoms with Crippen LogP contribution in [0.15, 0.2) is 24.3 Å². The van der Waals surface area contributed by atoms with Crippen molar-refractivity contribution in [2.24, 2.45) is 0 Å². The van der Waals surface area contributed by atoms with Gasteiger partial charge in [0.05, 0.1) is 18.0 Å². The third-order valence-electron chi connectivity index (χ3n) is 3.63. The van der Waals surface area contributed by atoms with E-state index in [0.29, 0.717) is 5.82 Å². The highest BCUT2D eigenvalue weighted by molar-refractivity contribution is 7.98. The van der Waals surface area contributed by atoms with Crippen LogP contribution in [-0.4, -0.2) is 39.9 Å². The number of hydrogen-bond donors (Lipinski definition) is 3. The van der Waals surface area contributed by atoms with Gasteiger partial charge in [0.2, 0.25) is 0 Å². The number of amides is 2. The second kappa shape index (κ2) is 7.06. The lowest BCUT2D eigenvalue weighted by Gasteiger charge is -2.11. The van der Waals surface area contributed by atoms with Gasteiger partial charge in [0.15, 0.2) is 0 Å². The number of carbonyl (C=O) groups is 2. The molecule has 126 valence electrons. The number of aliphatic hydroxyl groups excluding tert-OH is 1. The molecule has 0 saturated carbocycles. The third kappa shape index (κ3) is 3.29. The summed E-state index contributed by atoms with van der Waals surface area (Å²) in [5.41, 5.74) is 3.79. The van der Waals surface area contributed by atoms with E-state index in [1.165, 1.54) is 0 Å². The van der Waals surface area contributed by atoms with Gasteiger partial charge in [0.1, 0.15) is 5.82 Å². The molecule has 0 fully saturated rings. The number of carbonyl (C=O) groups excluding carboxylic acids is 2. The number of thioether (sulfide) groups is 1. The highest BCUT2D eigenvalue weighted by Crippen LogP contribution is 2.36. The van der Waals surface area contributed by atoms with Crippen molar-refractivity contribution in [2.75, 3.05) is 18.5 Å². The predicted octanol–water partition coefficient (Wildman–Crippen LogP) is 0.975. The number of nitrogens with one attached hydrogen (secondary N) is 2. The number of aliphatic hydroxyl groups is 1. The van der Waals surface area contributed by atoms with Gasteiger partial charge in [-0.05, 0) is 24.6 Å². The van der Waals surface area contributed by atoms with Gasteiger partial charge >= 0.3 is 11.8 Å². The van der Waals surface area contributed by atoms with Crippen molar-refractivity contribution in [3.8, 4) is 5.69 Å². The Balaban J connectivity index is 1.92. The first-order chi connectivity index (χ1) is 11.6. The summed E-state index contributed by atoms with van der Waals surface area (Å²) in [6, 6.07) is 7.78. The number of anilines is 1. The number of rotatable bonds is 4. The van der Waals surface area contributed by atoms with Gasteiger partial charge in [0, 0.05) is 23.6 Å². The summed E-state index contributed by atoms with van der Waals surface area (Å²) in [6.45, 7) is 1.81. The van der Waals surface area contributed by atoms with Crippen LogP contribution >= 0.6 is 11.8 Å². The van der Waals surface area contributed by atoms with Gasteiger partial charge in [-0.3, -0.25) is 9.59 Å². The first-order valence-electron chi connectivity index (χ1n) is 7.55. The smallest absolute Gasteiger partial charge is 0.314 e. The molecule has 0 saturated heterocycles. The molecule has 3 rings (SSSR count). The number of aromatic nitrogens is 2. The molecule has 0 spiro atoms. The Hall–Kier alpha value is -2.32. The lowest BCUT2D eigenvalue weighted by atomic mass is 10.2. The van der Waals surface area contributed by atoms with E-state index in [9.17, 15) is 9.59 Å². The highest BCUT2D eigenvalue weighted by Gasteiger charge is 2.26. The fourth-order valence-corrected chi connectivity index (χ4v) is 3.54. The van der Waals surface area contributed by atoms with Crippen molar-refractivity contribution < 1.29 is 14.7 Å². The maximum Gasteiger partial charge on any atom is 0.314 e. The van der Waals surface area contributed by atoms with Gasteiger partial charge in [0.25, 0.3) is 0 Å². The minimum atomic E-state index is -0.777. The van der Waals surface area contributed by atoms with Gasteiger partial charge in [-0.15, -0.1) is 0 Å². The van der Waals surface area contributed by atoms with Crippen LogP contribution in [0, 0.1) is 6.92 Å². The van der Waals surface area contributed by atoms with Gasteiger partial charge in [-0.1, -0.05) is 12.1 Å². The molecule has 0 radical (unpaired) electrons. The van der Waals surface area contributed by atoms with Crippen molar-refractivity contribution in [2.45, 2.75) is 18.4 Å². The average Bonchev–Trinajstić information content (AvgIpc) is 3.15. The van der Waals surface area contributed by atoms with Crippen molar-refractivity contribution in [3.63, 3.8) is 0 Å². The molecule has 0 atom stereocenters. The van der Waals surface area contributed by atoms with E-state index in [1.807, 2.05) is 31.2 Å². The second-order valence-corrected chi connectivity index (χ2v) is 6.44. The second-order valence-electron chi connectivity index (χ2n) is 5.45. The number of benzene rings is 1. The minimum Gasteiger partial charge on any atom is -0.395 e. The lowest BCUT2D eigenvalue weighted by Crippen LogP contribution is -2.37. The molecule has 1 aromatic carbocycles. The fraction of sp³-hybridized carbons (Fsp3) is 0.312. The summed E-state index contributed by atoms with van der Waals surface area (Å²) in [5, 5.41) is 18.3. The van der Waals surface area contributed by atoms with Crippen molar-refractivity contribution in [1.29, 1.82) is 0 Å². The first kappa shape index (κ1) is 16.5. The topological polar surface area (TPSA) is 96.2 Å². The summed E-state index contributed by atoms with van der Waals surface area (Å²) in [6.07, 6.45) is 0. The zero-order chi connectivity index (χ0) is 17.1. The Labute approximate surface area is 143 Å². The molecule has 0 aliphatic carbocycles. The molecule has 7 nitrogen and oxygen atoms in total. The highest BCUT2D eigenvalue weighted by atomic mass is 32.2. The Morgan fingerprint density at radius 3 is 2.92 bits per heavy atom. The zero-order valence-corrected chi connectivity index (χ0v) is 14.0. The number of fused-ring (bicyclic) bond motifs is 1. The van der Waals surface area contributed by atoms with Gasteiger partial charge < -0.3 is 15.7 Å².